The fraction of sp³-hybridized carbons (Fsp3) is 0.143. The van der Waals surface area contributed by atoms with Crippen LogP contribution in [-0.2, 0) is 6.54 Å². The maximum atomic E-state index is 3.68. The SMILES string of the molecule is CC(NCc1c[nH]cc1-c1ccccc1)c1csc2ccccc12. The van der Waals surface area contributed by atoms with Crippen LogP contribution in [0.5, 0.6) is 0 Å². The molecular weight excluding hydrogens is 312 g/mol. The number of aromatic amines is 1. The molecule has 2 heterocycles. The lowest BCUT2D eigenvalue weighted by molar-refractivity contribution is 0.580. The normalized spacial score (nSPS) is 12.5. The van der Waals surface area contributed by atoms with Gasteiger partial charge in [0.15, 0.2) is 0 Å². The Morgan fingerprint density at radius 2 is 1.79 bits per heavy atom. The monoisotopic (exact) mass is 332 g/mol. The second-order valence-corrected chi connectivity index (χ2v) is 6.96. The fourth-order valence-corrected chi connectivity index (χ4v) is 4.19. The molecule has 0 bridgehead atoms. The van der Waals surface area contributed by atoms with Crippen molar-refractivity contribution in [2.45, 2.75) is 19.5 Å². The standard InChI is InChI=1S/C21H20N2S/c1-15(20-14-24-21-10-6-5-9-18(20)21)23-12-17-11-22-13-19(17)16-7-3-2-4-8-16/h2-11,13-15,22-23H,12H2,1H3. The average Bonchev–Trinajstić information content (AvgIpc) is 3.27. The Balaban J connectivity index is 1.53. The molecule has 0 aliphatic heterocycles. The summed E-state index contributed by atoms with van der Waals surface area (Å²) in [7, 11) is 0. The Morgan fingerprint density at radius 3 is 2.67 bits per heavy atom. The van der Waals surface area contributed by atoms with E-state index in [2.05, 4.69) is 89.6 Å². The minimum Gasteiger partial charge on any atom is -0.367 e. The van der Waals surface area contributed by atoms with Gasteiger partial charge in [-0.15, -0.1) is 11.3 Å². The third-order valence-electron chi connectivity index (χ3n) is 4.49. The molecule has 2 aromatic carbocycles. The van der Waals surface area contributed by atoms with Crippen LogP contribution >= 0.6 is 11.3 Å². The highest BCUT2D eigenvalue weighted by molar-refractivity contribution is 7.17. The van der Waals surface area contributed by atoms with Gasteiger partial charge in [0, 0.05) is 35.2 Å². The number of thiophene rings is 1. The first-order chi connectivity index (χ1) is 11.8. The molecule has 24 heavy (non-hydrogen) atoms. The van der Waals surface area contributed by atoms with Crippen molar-refractivity contribution >= 4 is 21.4 Å². The Bertz CT molecular complexity index is 937. The minimum atomic E-state index is 0.319. The molecule has 0 saturated carbocycles. The van der Waals surface area contributed by atoms with E-state index in [9.17, 15) is 0 Å². The van der Waals surface area contributed by atoms with Gasteiger partial charge >= 0.3 is 0 Å². The summed E-state index contributed by atoms with van der Waals surface area (Å²) in [4.78, 5) is 3.25. The van der Waals surface area contributed by atoms with Gasteiger partial charge in [-0.05, 0) is 40.4 Å². The average molecular weight is 332 g/mol. The number of benzene rings is 2. The van der Waals surface area contributed by atoms with E-state index in [1.807, 2.05) is 11.3 Å². The zero-order valence-corrected chi connectivity index (χ0v) is 14.4. The number of fused-ring (bicyclic) bond motifs is 1. The molecule has 2 nitrogen and oxygen atoms in total. The van der Waals surface area contributed by atoms with Gasteiger partial charge in [-0.25, -0.2) is 0 Å². The van der Waals surface area contributed by atoms with Crippen LogP contribution in [0.4, 0.5) is 0 Å². The maximum Gasteiger partial charge on any atom is 0.0346 e. The van der Waals surface area contributed by atoms with Crippen molar-refractivity contribution in [3.63, 3.8) is 0 Å². The number of H-pyrrole nitrogens is 1. The Hall–Kier alpha value is -2.36. The molecule has 0 aliphatic rings. The summed E-state index contributed by atoms with van der Waals surface area (Å²) >= 11 is 1.82. The zero-order valence-electron chi connectivity index (χ0n) is 13.6. The Morgan fingerprint density at radius 1 is 1.00 bits per heavy atom. The van der Waals surface area contributed by atoms with Crippen LogP contribution in [0.25, 0.3) is 21.2 Å². The second kappa shape index (κ2) is 6.63. The molecule has 1 unspecified atom stereocenters. The molecule has 0 saturated heterocycles. The van der Waals surface area contributed by atoms with E-state index in [4.69, 9.17) is 0 Å². The summed E-state index contributed by atoms with van der Waals surface area (Å²) in [5.74, 6) is 0. The highest BCUT2D eigenvalue weighted by Gasteiger charge is 2.12. The molecule has 0 spiro atoms. The molecular formula is C21H20N2S. The van der Waals surface area contributed by atoms with Crippen LogP contribution < -0.4 is 5.32 Å². The van der Waals surface area contributed by atoms with Crippen LogP contribution in [0, 0.1) is 0 Å². The topological polar surface area (TPSA) is 27.8 Å². The lowest BCUT2D eigenvalue weighted by atomic mass is 10.0. The summed E-state index contributed by atoms with van der Waals surface area (Å²) in [5.41, 5.74) is 5.20. The van der Waals surface area contributed by atoms with Gasteiger partial charge in [0.2, 0.25) is 0 Å². The summed E-state index contributed by atoms with van der Waals surface area (Å²) < 4.78 is 1.35. The van der Waals surface area contributed by atoms with Crippen molar-refractivity contribution in [2.24, 2.45) is 0 Å². The maximum absolute atomic E-state index is 3.68. The molecule has 0 aliphatic carbocycles. The molecule has 3 heteroatoms. The first-order valence-corrected chi connectivity index (χ1v) is 9.11. The molecule has 4 aromatic rings. The van der Waals surface area contributed by atoms with Gasteiger partial charge in [0.05, 0.1) is 0 Å². The third kappa shape index (κ3) is 2.88. The summed E-state index contributed by atoms with van der Waals surface area (Å²) in [5, 5.41) is 7.31. The van der Waals surface area contributed by atoms with E-state index in [1.54, 1.807) is 0 Å². The number of aromatic nitrogens is 1. The van der Waals surface area contributed by atoms with Crippen LogP contribution in [0.15, 0.2) is 72.4 Å². The van der Waals surface area contributed by atoms with Crippen molar-refractivity contribution < 1.29 is 0 Å². The molecule has 120 valence electrons. The van der Waals surface area contributed by atoms with E-state index in [-0.39, 0.29) is 0 Å². The molecule has 1 atom stereocenters. The largest absolute Gasteiger partial charge is 0.367 e. The lowest BCUT2D eigenvalue weighted by Gasteiger charge is -2.14. The smallest absolute Gasteiger partial charge is 0.0346 e. The van der Waals surface area contributed by atoms with E-state index in [0.29, 0.717) is 6.04 Å². The molecule has 2 N–H and O–H groups in total. The highest BCUT2D eigenvalue weighted by atomic mass is 32.1. The van der Waals surface area contributed by atoms with Crippen molar-refractivity contribution in [1.82, 2.24) is 10.3 Å². The van der Waals surface area contributed by atoms with Crippen molar-refractivity contribution in [1.29, 1.82) is 0 Å². The second-order valence-electron chi connectivity index (χ2n) is 6.05. The summed E-state index contributed by atoms with van der Waals surface area (Å²) in [6.45, 7) is 3.09. The van der Waals surface area contributed by atoms with Gasteiger partial charge in [0.1, 0.15) is 0 Å². The minimum absolute atomic E-state index is 0.319. The van der Waals surface area contributed by atoms with Gasteiger partial charge in [-0.3, -0.25) is 0 Å². The van der Waals surface area contributed by atoms with Gasteiger partial charge in [-0.2, -0.15) is 0 Å². The van der Waals surface area contributed by atoms with Crippen LogP contribution in [0.3, 0.4) is 0 Å². The first-order valence-electron chi connectivity index (χ1n) is 8.23. The fourth-order valence-electron chi connectivity index (χ4n) is 3.14. The number of nitrogens with one attached hydrogen (secondary N) is 2. The van der Waals surface area contributed by atoms with E-state index in [0.717, 1.165) is 6.54 Å². The molecule has 4 rings (SSSR count). The third-order valence-corrected chi connectivity index (χ3v) is 5.47. The number of hydrogen-bond donors (Lipinski definition) is 2. The molecule has 2 aromatic heterocycles. The van der Waals surface area contributed by atoms with Crippen LogP contribution in [0.1, 0.15) is 24.1 Å². The van der Waals surface area contributed by atoms with Gasteiger partial charge in [0.25, 0.3) is 0 Å². The van der Waals surface area contributed by atoms with Gasteiger partial charge < -0.3 is 10.3 Å². The predicted octanol–water partition coefficient (Wildman–Crippen LogP) is 5.75. The van der Waals surface area contributed by atoms with E-state index in [1.165, 1.54) is 32.3 Å². The summed E-state index contributed by atoms with van der Waals surface area (Å²) in [6, 6.07) is 19.5. The Kier molecular flexibility index (Phi) is 4.20. The quantitative estimate of drug-likeness (QED) is 0.479. The van der Waals surface area contributed by atoms with Crippen molar-refractivity contribution in [3.05, 3.63) is 83.5 Å². The molecule has 0 radical (unpaired) electrons. The van der Waals surface area contributed by atoms with Crippen LogP contribution in [0.2, 0.25) is 0 Å². The molecule has 0 fully saturated rings. The van der Waals surface area contributed by atoms with Gasteiger partial charge in [-0.1, -0.05) is 48.5 Å². The van der Waals surface area contributed by atoms with E-state index < -0.39 is 0 Å². The highest BCUT2D eigenvalue weighted by Crippen LogP contribution is 2.30. The first kappa shape index (κ1) is 15.2. The lowest BCUT2D eigenvalue weighted by Crippen LogP contribution is -2.17. The zero-order chi connectivity index (χ0) is 16.4. The number of hydrogen-bond acceptors (Lipinski definition) is 2. The van der Waals surface area contributed by atoms with Crippen molar-refractivity contribution in [3.8, 4) is 11.1 Å². The predicted molar refractivity (Wildman–Crippen MR) is 103 cm³/mol. The van der Waals surface area contributed by atoms with E-state index >= 15 is 0 Å². The Labute approximate surface area is 146 Å². The summed E-state index contributed by atoms with van der Waals surface area (Å²) in [6.07, 6.45) is 4.17. The number of rotatable bonds is 5. The van der Waals surface area contributed by atoms with Crippen LogP contribution in [-0.4, -0.2) is 4.98 Å². The van der Waals surface area contributed by atoms with Crippen molar-refractivity contribution in [2.75, 3.05) is 0 Å². The molecule has 0 amide bonds.